The summed E-state index contributed by atoms with van der Waals surface area (Å²) in [4.78, 5) is 2.55. The molecule has 4 heteroatoms. The lowest BCUT2D eigenvalue weighted by atomic mass is 9.73. The van der Waals surface area contributed by atoms with Crippen LogP contribution in [0.2, 0.25) is 0 Å². The summed E-state index contributed by atoms with van der Waals surface area (Å²) in [6.45, 7) is 4.87. The largest absolute Gasteiger partial charge is 0.497 e. The molecule has 122 valence electrons. The smallest absolute Gasteiger partial charge is 0.118 e. The van der Waals surface area contributed by atoms with E-state index in [4.69, 9.17) is 14.2 Å². The van der Waals surface area contributed by atoms with Gasteiger partial charge in [0.2, 0.25) is 0 Å². The highest BCUT2D eigenvalue weighted by molar-refractivity contribution is 5.27. The second-order valence-corrected chi connectivity index (χ2v) is 6.61. The minimum Gasteiger partial charge on any atom is -0.497 e. The number of methoxy groups -OCH3 is 2. The molecule has 1 aromatic rings. The van der Waals surface area contributed by atoms with Crippen LogP contribution in [-0.2, 0) is 16.0 Å². The Morgan fingerprint density at radius 2 is 2.09 bits per heavy atom. The molecule has 0 unspecified atom stereocenters. The molecule has 1 aromatic carbocycles. The van der Waals surface area contributed by atoms with Crippen LogP contribution in [0.3, 0.4) is 0 Å². The van der Waals surface area contributed by atoms with E-state index < -0.39 is 0 Å². The highest BCUT2D eigenvalue weighted by atomic mass is 16.5. The number of benzene rings is 1. The third-order valence-corrected chi connectivity index (χ3v) is 5.06. The first kappa shape index (κ1) is 15.8. The third-order valence-electron chi connectivity index (χ3n) is 5.06. The predicted octanol–water partition coefficient (Wildman–Crippen LogP) is 2.71. The Bertz CT molecular complexity index is 472. The maximum absolute atomic E-state index is 6.04. The molecule has 2 aliphatic rings. The summed E-state index contributed by atoms with van der Waals surface area (Å²) >= 11 is 0. The molecular weight excluding hydrogens is 278 g/mol. The van der Waals surface area contributed by atoms with Crippen molar-refractivity contribution in [3.05, 3.63) is 29.8 Å². The van der Waals surface area contributed by atoms with E-state index in [1.807, 2.05) is 19.2 Å². The fraction of sp³-hybridized carbons (Fsp3) is 0.667. The van der Waals surface area contributed by atoms with E-state index in [2.05, 4.69) is 17.0 Å². The van der Waals surface area contributed by atoms with Crippen molar-refractivity contribution in [1.82, 2.24) is 4.90 Å². The third kappa shape index (κ3) is 3.29. The van der Waals surface area contributed by atoms with Crippen molar-refractivity contribution >= 4 is 0 Å². The topological polar surface area (TPSA) is 30.9 Å². The van der Waals surface area contributed by atoms with Crippen molar-refractivity contribution in [1.29, 1.82) is 0 Å². The van der Waals surface area contributed by atoms with E-state index in [1.54, 1.807) is 7.11 Å². The van der Waals surface area contributed by atoms with E-state index in [0.29, 0.717) is 6.10 Å². The van der Waals surface area contributed by atoms with Gasteiger partial charge in [0.25, 0.3) is 0 Å². The number of fused-ring (bicyclic) bond motifs is 1. The van der Waals surface area contributed by atoms with Crippen LogP contribution in [0.25, 0.3) is 0 Å². The zero-order valence-corrected chi connectivity index (χ0v) is 13.7. The van der Waals surface area contributed by atoms with Gasteiger partial charge >= 0.3 is 0 Å². The van der Waals surface area contributed by atoms with Gasteiger partial charge in [0.1, 0.15) is 5.75 Å². The van der Waals surface area contributed by atoms with Crippen molar-refractivity contribution in [3.63, 3.8) is 0 Å². The minimum atomic E-state index is 0.178. The number of ether oxygens (including phenoxy) is 3. The van der Waals surface area contributed by atoms with Crippen LogP contribution >= 0.6 is 0 Å². The summed E-state index contributed by atoms with van der Waals surface area (Å²) in [5.74, 6) is 0.916. The summed E-state index contributed by atoms with van der Waals surface area (Å²) < 4.78 is 16.8. The Morgan fingerprint density at radius 1 is 1.27 bits per heavy atom. The number of likely N-dealkylation sites (tertiary alicyclic amines) is 1. The molecule has 0 N–H and O–H groups in total. The molecule has 2 aliphatic heterocycles. The first-order valence-corrected chi connectivity index (χ1v) is 8.21. The Labute approximate surface area is 133 Å². The zero-order chi connectivity index (χ0) is 15.4. The van der Waals surface area contributed by atoms with Gasteiger partial charge in [-0.2, -0.15) is 0 Å². The maximum Gasteiger partial charge on any atom is 0.118 e. The Kier molecular flexibility index (Phi) is 5.01. The van der Waals surface area contributed by atoms with E-state index in [1.165, 1.54) is 12.0 Å². The summed E-state index contributed by atoms with van der Waals surface area (Å²) in [5.41, 5.74) is 1.51. The van der Waals surface area contributed by atoms with E-state index in [-0.39, 0.29) is 5.41 Å². The minimum absolute atomic E-state index is 0.178. The molecular formula is C18H27NO3. The molecule has 4 nitrogen and oxygen atoms in total. The normalized spacial score (nSPS) is 29.1. The molecule has 22 heavy (non-hydrogen) atoms. The van der Waals surface area contributed by atoms with Gasteiger partial charge in [-0.05, 0) is 37.0 Å². The molecule has 0 spiro atoms. The molecule has 0 saturated carbocycles. The summed E-state index contributed by atoms with van der Waals surface area (Å²) in [7, 11) is 3.51. The lowest BCUT2D eigenvalue weighted by Crippen LogP contribution is -2.56. The van der Waals surface area contributed by atoms with Gasteiger partial charge in [0, 0.05) is 38.8 Å². The number of nitrogens with zero attached hydrogens (tertiary/aromatic N) is 1. The number of hydrogen-bond donors (Lipinski definition) is 0. The average molecular weight is 305 g/mol. The van der Waals surface area contributed by atoms with Crippen LogP contribution in [0.5, 0.6) is 5.75 Å². The van der Waals surface area contributed by atoms with Crippen LogP contribution in [-0.4, -0.2) is 51.5 Å². The van der Waals surface area contributed by atoms with E-state index in [0.717, 1.165) is 51.4 Å². The standard InChI is InChI=1S/C18H27NO3/c1-20-14-18-9-3-11-22-17(18)8-10-19(13-18)12-15-4-6-16(21-2)7-5-15/h4-7,17H,3,8-14H2,1-2H3/t17-,18+/m1/s1. The van der Waals surface area contributed by atoms with Crippen molar-refractivity contribution < 1.29 is 14.2 Å². The van der Waals surface area contributed by atoms with Gasteiger partial charge in [-0.15, -0.1) is 0 Å². The van der Waals surface area contributed by atoms with Crippen LogP contribution in [0, 0.1) is 5.41 Å². The molecule has 0 amide bonds. The van der Waals surface area contributed by atoms with E-state index >= 15 is 0 Å². The highest BCUT2D eigenvalue weighted by Crippen LogP contribution is 2.40. The molecule has 0 bridgehead atoms. The van der Waals surface area contributed by atoms with Gasteiger partial charge in [-0.3, -0.25) is 4.90 Å². The quantitative estimate of drug-likeness (QED) is 0.837. The number of rotatable bonds is 5. The van der Waals surface area contributed by atoms with Crippen molar-refractivity contribution in [3.8, 4) is 5.75 Å². The molecule has 2 fully saturated rings. The molecule has 0 aliphatic carbocycles. The van der Waals surface area contributed by atoms with Crippen LogP contribution < -0.4 is 4.74 Å². The van der Waals surface area contributed by atoms with Gasteiger partial charge < -0.3 is 14.2 Å². The van der Waals surface area contributed by atoms with Gasteiger partial charge in [0.15, 0.2) is 0 Å². The second kappa shape index (κ2) is 6.99. The maximum atomic E-state index is 6.04. The first-order chi connectivity index (χ1) is 10.8. The Hall–Kier alpha value is -1.10. The molecule has 0 aromatic heterocycles. The van der Waals surface area contributed by atoms with Gasteiger partial charge in [-0.25, -0.2) is 0 Å². The van der Waals surface area contributed by atoms with Crippen molar-refractivity contribution in [2.45, 2.75) is 31.9 Å². The Balaban J connectivity index is 1.67. The molecule has 2 saturated heterocycles. The molecule has 2 atom stereocenters. The lowest BCUT2D eigenvalue weighted by molar-refractivity contribution is -0.149. The Morgan fingerprint density at radius 3 is 2.82 bits per heavy atom. The van der Waals surface area contributed by atoms with Crippen molar-refractivity contribution in [2.75, 3.05) is 40.5 Å². The van der Waals surface area contributed by atoms with Crippen molar-refractivity contribution in [2.24, 2.45) is 5.41 Å². The van der Waals surface area contributed by atoms with E-state index in [9.17, 15) is 0 Å². The number of hydrogen-bond acceptors (Lipinski definition) is 4. The monoisotopic (exact) mass is 305 g/mol. The summed E-state index contributed by atoms with van der Waals surface area (Å²) in [5, 5.41) is 0. The molecule has 0 radical (unpaired) electrons. The predicted molar refractivity (Wildman–Crippen MR) is 86.2 cm³/mol. The summed E-state index contributed by atoms with van der Waals surface area (Å²) in [6.07, 6.45) is 3.84. The lowest BCUT2D eigenvalue weighted by Gasteiger charge is -2.50. The molecule has 2 heterocycles. The fourth-order valence-electron chi connectivity index (χ4n) is 4.00. The number of piperidine rings is 1. The van der Waals surface area contributed by atoms with Crippen LogP contribution in [0.15, 0.2) is 24.3 Å². The first-order valence-electron chi connectivity index (χ1n) is 8.21. The fourth-order valence-corrected chi connectivity index (χ4v) is 4.00. The SMILES string of the molecule is COC[C@@]12CCCO[C@@H]1CCN(Cc1ccc(OC)cc1)C2. The summed E-state index contributed by atoms with van der Waals surface area (Å²) in [6, 6.07) is 8.39. The second-order valence-electron chi connectivity index (χ2n) is 6.61. The zero-order valence-electron chi connectivity index (χ0n) is 13.7. The van der Waals surface area contributed by atoms with Gasteiger partial charge in [-0.1, -0.05) is 12.1 Å². The highest BCUT2D eigenvalue weighted by Gasteiger charge is 2.45. The van der Waals surface area contributed by atoms with Crippen LogP contribution in [0.4, 0.5) is 0 Å². The van der Waals surface area contributed by atoms with Crippen LogP contribution in [0.1, 0.15) is 24.8 Å². The molecule has 3 rings (SSSR count). The average Bonchev–Trinajstić information content (AvgIpc) is 2.55. The van der Waals surface area contributed by atoms with Gasteiger partial charge in [0.05, 0.1) is 19.8 Å².